The summed E-state index contributed by atoms with van der Waals surface area (Å²) in [6, 6.07) is 5.97. The van der Waals surface area contributed by atoms with Crippen molar-refractivity contribution in [2.24, 2.45) is 0 Å². The lowest BCUT2D eigenvalue weighted by Gasteiger charge is -2.07. The summed E-state index contributed by atoms with van der Waals surface area (Å²) in [5.41, 5.74) is 0.839. The third-order valence-electron chi connectivity index (χ3n) is 1.95. The van der Waals surface area contributed by atoms with Gasteiger partial charge in [0.15, 0.2) is 0 Å². The van der Waals surface area contributed by atoms with E-state index < -0.39 is 0 Å². The Morgan fingerprint density at radius 1 is 1.33 bits per heavy atom. The van der Waals surface area contributed by atoms with Crippen LogP contribution in [0.5, 0.6) is 6.01 Å². The van der Waals surface area contributed by atoms with E-state index in [9.17, 15) is 0 Å². The average Bonchev–Trinajstić information content (AvgIpc) is 2.33. The van der Waals surface area contributed by atoms with Gasteiger partial charge in [-0.15, -0.1) is 0 Å². The number of hydrogen-bond acceptors (Lipinski definition) is 5. The molecule has 1 heterocycles. The summed E-state index contributed by atoms with van der Waals surface area (Å²) >= 11 is 11.4. The van der Waals surface area contributed by atoms with Gasteiger partial charge in [0, 0.05) is 13.7 Å². The zero-order valence-corrected chi connectivity index (χ0v) is 13.6. The van der Waals surface area contributed by atoms with Crippen molar-refractivity contribution in [2.45, 2.75) is 0 Å². The molecule has 0 bridgehead atoms. The van der Waals surface area contributed by atoms with E-state index in [1.807, 2.05) is 18.2 Å². The molecular formula is C10H7BrClIN4O. The first-order valence-corrected chi connectivity index (χ1v) is 7.01. The predicted molar refractivity (Wildman–Crippen MR) is 81.5 cm³/mol. The molecule has 94 valence electrons. The molecule has 0 radical (unpaired) electrons. The second-order valence-corrected chi connectivity index (χ2v) is 5.52. The molecule has 0 aliphatic heterocycles. The molecule has 18 heavy (non-hydrogen) atoms. The maximum atomic E-state index is 5.76. The van der Waals surface area contributed by atoms with Crippen molar-refractivity contribution < 1.29 is 4.74 Å². The summed E-state index contributed by atoms with van der Waals surface area (Å²) in [5, 5.41) is 3.11. The number of rotatable bonds is 3. The van der Waals surface area contributed by atoms with Crippen LogP contribution < -0.4 is 10.1 Å². The quantitative estimate of drug-likeness (QED) is 0.737. The first-order valence-electron chi connectivity index (χ1n) is 4.76. The van der Waals surface area contributed by atoms with E-state index in [2.05, 4.69) is 58.8 Å². The third-order valence-corrected chi connectivity index (χ3v) is 4.45. The molecule has 0 amide bonds. The van der Waals surface area contributed by atoms with Gasteiger partial charge in [0.05, 0.1) is 7.11 Å². The largest absolute Gasteiger partial charge is 0.467 e. The van der Waals surface area contributed by atoms with E-state index in [1.54, 1.807) is 0 Å². The molecule has 0 aliphatic carbocycles. The van der Waals surface area contributed by atoms with Crippen molar-refractivity contribution in [3.63, 3.8) is 0 Å². The number of anilines is 2. The van der Waals surface area contributed by atoms with Gasteiger partial charge < -0.3 is 10.1 Å². The molecule has 0 aliphatic rings. The summed E-state index contributed by atoms with van der Waals surface area (Å²) in [6.45, 7) is 0. The summed E-state index contributed by atoms with van der Waals surface area (Å²) in [7, 11) is 1.47. The topological polar surface area (TPSA) is 59.9 Å². The van der Waals surface area contributed by atoms with Crippen molar-refractivity contribution in [2.75, 3.05) is 12.4 Å². The lowest BCUT2D eigenvalue weighted by Crippen LogP contribution is -2.01. The number of halogens is 3. The molecule has 1 N–H and O–H groups in total. The maximum absolute atomic E-state index is 5.76. The highest BCUT2D eigenvalue weighted by molar-refractivity contribution is 14.1. The van der Waals surface area contributed by atoms with Crippen LogP contribution in [-0.4, -0.2) is 22.1 Å². The van der Waals surface area contributed by atoms with E-state index in [0.717, 1.165) is 13.7 Å². The van der Waals surface area contributed by atoms with Crippen LogP contribution in [0, 0.1) is 3.57 Å². The van der Waals surface area contributed by atoms with Crippen LogP contribution in [0.15, 0.2) is 22.7 Å². The monoisotopic (exact) mass is 440 g/mol. The minimum atomic E-state index is 0.0777. The summed E-state index contributed by atoms with van der Waals surface area (Å²) in [6.07, 6.45) is 0. The molecule has 8 heteroatoms. The highest BCUT2D eigenvalue weighted by Crippen LogP contribution is 2.24. The third kappa shape index (κ3) is 3.42. The van der Waals surface area contributed by atoms with Crippen LogP contribution in [0.1, 0.15) is 0 Å². The lowest BCUT2D eigenvalue weighted by molar-refractivity contribution is 0.379. The molecule has 2 aromatic rings. The van der Waals surface area contributed by atoms with E-state index in [-0.39, 0.29) is 11.3 Å². The van der Waals surface area contributed by atoms with Gasteiger partial charge in [-0.1, -0.05) is 0 Å². The number of nitrogens with one attached hydrogen (secondary N) is 1. The van der Waals surface area contributed by atoms with Crippen molar-refractivity contribution in [1.82, 2.24) is 15.0 Å². The number of benzene rings is 1. The molecular weight excluding hydrogens is 434 g/mol. The van der Waals surface area contributed by atoms with E-state index in [0.29, 0.717) is 5.95 Å². The Morgan fingerprint density at radius 2 is 2.11 bits per heavy atom. The van der Waals surface area contributed by atoms with Crippen LogP contribution in [0.4, 0.5) is 11.6 Å². The molecule has 0 atom stereocenters. The maximum Gasteiger partial charge on any atom is 0.322 e. The number of hydrogen-bond donors (Lipinski definition) is 1. The first kappa shape index (κ1) is 13.8. The zero-order chi connectivity index (χ0) is 13.1. The van der Waals surface area contributed by atoms with Gasteiger partial charge in [0.2, 0.25) is 11.2 Å². The highest BCUT2D eigenvalue weighted by atomic mass is 127. The molecule has 5 nitrogen and oxygen atoms in total. The average molecular weight is 441 g/mol. The van der Waals surface area contributed by atoms with Crippen LogP contribution in [0.25, 0.3) is 0 Å². The molecule has 0 spiro atoms. The van der Waals surface area contributed by atoms with Crippen molar-refractivity contribution in [3.05, 3.63) is 31.5 Å². The Labute approximate surface area is 131 Å². The molecule has 0 saturated heterocycles. The zero-order valence-electron chi connectivity index (χ0n) is 9.12. The molecule has 1 aromatic heterocycles. The Hall–Kier alpha value is -0.670. The Balaban J connectivity index is 2.27. The first-order chi connectivity index (χ1) is 8.58. The van der Waals surface area contributed by atoms with Crippen molar-refractivity contribution in [1.29, 1.82) is 0 Å². The predicted octanol–water partition coefficient (Wildman–Crippen LogP) is 3.64. The van der Waals surface area contributed by atoms with Crippen LogP contribution in [0.2, 0.25) is 5.28 Å². The minimum absolute atomic E-state index is 0.0777. The van der Waals surface area contributed by atoms with E-state index in [4.69, 9.17) is 16.3 Å². The summed E-state index contributed by atoms with van der Waals surface area (Å²) < 4.78 is 7.02. The fourth-order valence-electron chi connectivity index (χ4n) is 1.18. The lowest BCUT2D eigenvalue weighted by atomic mass is 10.3. The van der Waals surface area contributed by atoms with E-state index >= 15 is 0 Å². The molecule has 2 rings (SSSR count). The number of ether oxygens (including phenoxy) is 1. The number of aromatic nitrogens is 3. The van der Waals surface area contributed by atoms with E-state index in [1.165, 1.54) is 7.11 Å². The van der Waals surface area contributed by atoms with Gasteiger partial charge in [0.25, 0.3) is 0 Å². The van der Waals surface area contributed by atoms with Gasteiger partial charge in [-0.3, -0.25) is 0 Å². The number of methoxy groups -OCH3 is 1. The normalized spacial score (nSPS) is 10.2. The smallest absolute Gasteiger partial charge is 0.322 e. The molecule has 0 fully saturated rings. The highest BCUT2D eigenvalue weighted by Gasteiger charge is 2.06. The Morgan fingerprint density at radius 3 is 2.78 bits per heavy atom. The second-order valence-electron chi connectivity index (χ2n) is 3.17. The summed E-state index contributed by atoms with van der Waals surface area (Å²) in [5.74, 6) is 0.333. The Bertz CT molecular complexity index is 584. The van der Waals surface area contributed by atoms with Crippen LogP contribution >= 0.6 is 50.1 Å². The summed E-state index contributed by atoms with van der Waals surface area (Å²) in [4.78, 5) is 11.8. The fraction of sp³-hybridized carbons (Fsp3) is 0.100. The standard InChI is InChI=1S/C10H7BrClIN4O/c1-18-10-16-8(12)15-9(17-10)14-5-2-3-7(13)6(11)4-5/h2-4H,1H3,(H,14,15,16,17). The van der Waals surface area contributed by atoms with Gasteiger partial charge in [0.1, 0.15) is 0 Å². The van der Waals surface area contributed by atoms with Gasteiger partial charge in [-0.25, -0.2) is 0 Å². The number of nitrogens with zero attached hydrogens (tertiary/aromatic N) is 3. The minimum Gasteiger partial charge on any atom is -0.467 e. The molecule has 0 saturated carbocycles. The Kier molecular flexibility index (Phi) is 4.57. The SMILES string of the molecule is COc1nc(Cl)nc(Nc2ccc(I)c(Br)c2)n1. The fourth-order valence-corrected chi connectivity index (χ4v) is 2.05. The van der Waals surface area contributed by atoms with Crippen molar-refractivity contribution in [3.8, 4) is 6.01 Å². The molecule has 1 aromatic carbocycles. The van der Waals surface area contributed by atoms with Crippen LogP contribution in [0.3, 0.4) is 0 Å². The van der Waals surface area contributed by atoms with Gasteiger partial charge >= 0.3 is 6.01 Å². The second kappa shape index (κ2) is 5.98. The van der Waals surface area contributed by atoms with Gasteiger partial charge in [-0.2, -0.15) is 15.0 Å². The molecule has 0 unspecified atom stereocenters. The van der Waals surface area contributed by atoms with Gasteiger partial charge in [-0.05, 0) is 68.3 Å². The van der Waals surface area contributed by atoms with Crippen LogP contribution in [-0.2, 0) is 0 Å². The van der Waals surface area contributed by atoms with Crippen molar-refractivity contribution >= 4 is 61.8 Å².